The first kappa shape index (κ1) is 34.8. The minimum absolute atomic E-state index is 0.295. The van der Waals surface area contributed by atoms with E-state index in [0.717, 1.165) is 30.4 Å². The molecule has 44 heavy (non-hydrogen) atoms. The van der Waals surface area contributed by atoms with Crippen molar-refractivity contribution in [2.75, 3.05) is 57.5 Å². The van der Waals surface area contributed by atoms with Crippen LogP contribution in [0, 0.1) is 0 Å². The Morgan fingerprint density at radius 2 is 1.66 bits per heavy atom. The van der Waals surface area contributed by atoms with Crippen molar-refractivity contribution >= 4 is 28.7 Å². The highest BCUT2D eigenvalue weighted by Crippen LogP contribution is 2.27. The number of nitrogens with zero attached hydrogens (tertiary/aromatic N) is 4. The number of thiazole rings is 1. The molecule has 3 aromatic carbocycles. The van der Waals surface area contributed by atoms with Crippen LogP contribution in [0.1, 0.15) is 49.0 Å². The van der Waals surface area contributed by atoms with Gasteiger partial charge in [0.2, 0.25) is 0 Å². The number of piperidine rings is 1. The zero-order chi connectivity index (χ0) is 31.7. The molecule has 1 saturated heterocycles. The fourth-order valence-corrected chi connectivity index (χ4v) is 5.78. The maximum atomic E-state index is 11.0. The molecule has 1 aromatic heterocycles. The second-order valence-electron chi connectivity index (χ2n) is 11.0. The Labute approximate surface area is 268 Å². The molecular weight excluding hydrogens is 566 g/mol. The molecule has 7 nitrogen and oxygen atoms in total. The van der Waals surface area contributed by atoms with E-state index in [1.807, 2.05) is 55.8 Å². The number of aromatic nitrogens is 1. The van der Waals surface area contributed by atoms with Crippen LogP contribution < -0.4 is 10.2 Å². The first-order chi connectivity index (χ1) is 21.4. The highest BCUT2D eigenvalue weighted by atomic mass is 32.1. The molecule has 0 bridgehead atoms. The summed E-state index contributed by atoms with van der Waals surface area (Å²) in [4.78, 5) is 22.8. The number of aromatic carboxylic acids is 1. The van der Waals surface area contributed by atoms with E-state index < -0.39 is 5.97 Å². The summed E-state index contributed by atoms with van der Waals surface area (Å²) in [6.45, 7) is 9.27. The van der Waals surface area contributed by atoms with Crippen molar-refractivity contribution < 1.29 is 9.90 Å². The van der Waals surface area contributed by atoms with Crippen LogP contribution in [0.4, 0.5) is 11.4 Å². The van der Waals surface area contributed by atoms with Crippen LogP contribution in [0.2, 0.25) is 0 Å². The maximum absolute atomic E-state index is 11.0. The zero-order valence-electron chi connectivity index (χ0n) is 26.9. The van der Waals surface area contributed by atoms with Crippen LogP contribution in [0.3, 0.4) is 0 Å². The molecule has 0 atom stereocenters. The van der Waals surface area contributed by atoms with Crippen molar-refractivity contribution in [3.05, 3.63) is 101 Å². The van der Waals surface area contributed by atoms with Gasteiger partial charge in [0.05, 0.1) is 16.8 Å². The molecule has 0 unspecified atom stereocenters. The molecule has 4 aromatic rings. The summed E-state index contributed by atoms with van der Waals surface area (Å²) in [6.07, 6.45) is 3.75. The normalized spacial score (nSPS) is 13.1. The van der Waals surface area contributed by atoms with Crippen LogP contribution in [0.5, 0.6) is 0 Å². The molecule has 1 aliphatic heterocycles. The number of benzene rings is 3. The van der Waals surface area contributed by atoms with Gasteiger partial charge in [-0.3, -0.25) is 0 Å². The third kappa shape index (κ3) is 11.1. The van der Waals surface area contributed by atoms with Gasteiger partial charge >= 0.3 is 5.97 Å². The molecule has 2 heterocycles. The van der Waals surface area contributed by atoms with Gasteiger partial charge in [0.25, 0.3) is 0 Å². The molecule has 0 amide bonds. The first-order valence-electron chi connectivity index (χ1n) is 15.6. The number of para-hydroxylation sites is 1. The van der Waals surface area contributed by atoms with Crippen LogP contribution in [-0.4, -0.2) is 79.2 Å². The highest BCUT2D eigenvalue weighted by molar-refractivity contribution is 7.07. The van der Waals surface area contributed by atoms with Gasteiger partial charge < -0.3 is 25.1 Å². The number of carbonyl (C=O) groups is 1. The molecule has 8 heteroatoms. The van der Waals surface area contributed by atoms with Crippen molar-refractivity contribution in [1.29, 1.82) is 0 Å². The lowest BCUT2D eigenvalue weighted by Gasteiger charge is -2.38. The Kier molecular flexibility index (Phi) is 14.9. The van der Waals surface area contributed by atoms with Gasteiger partial charge in [-0.1, -0.05) is 68.4 Å². The average molecular weight is 616 g/mol. The Balaban J connectivity index is 0.000000243. The number of hydrogen-bond acceptors (Lipinski definition) is 7. The monoisotopic (exact) mass is 615 g/mol. The smallest absolute Gasteiger partial charge is 0.337 e. The van der Waals surface area contributed by atoms with E-state index in [2.05, 4.69) is 75.8 Å². The SMILES string of the molecule is CC.CN(C)CCCN(C)C1CCN(c2cccc(-c3cscn3)c2)CC1.O=C(O)c1ccccc1NCc1ccccc1. The largest absolute Gasteiger partial charge is 0.478 e. The van der Waals surface area contributed by atoms with Crippen LogP contribution >= 0.6 is 11.3 Å². The molecule has 2 N–H and O–H groups in total. The van der Waals surface area contributed by atoms with Crippen molar-refractivity contribution in [2.24, 2.45) is 0 Å². The van der Waals surface area contributed by atoms with Gasteiger partial charge in [-0.05, 0) is 83.3 Å². The lowest BCUT2D eigenvalue weighted by atomic mass is 10.0. The van der Waals surface area contributed by atoms with Crippen molar-refractivity contribution in [3.63, 3.8) is 0 Å². The summed E-state index contributed by atoms with van der Waals surface area (Å²) in [6, 6.07) is 26.3. The lowest BCUT2D eigenvalue weighted by molar-refractivity contribution is 0.0698. The van der Waals surface area contributed by atoms with E-state index in [-0.39, 0.29) is 0 Å². The number of nitrogens with one attached hydrogen (secondary N) is 1. The Bertz CT molecular complexity index is 1360. The fourth-order valence-electron chi connectivity index (χ4n) is 5.22. The summed E-state index contributed by atoms with van der Waals surface area (Å²) in [7, 11) is 6.59. The predicted molar refractivity (Wildman–Crippen MR) is 187 cm³/mol. The summed E-state index contributed by atoms with van der Waals surface area (Å²) < 4.78 is 0. The average Bonchev–Trinajstić information content (AvgIpc) is 3.61. The predicted octanol–water partition coefficient (Wildman–Crippen LogP) is 7.69. The number of rotatable bonds is 11. The van der Waals surface area contributed by atoms with E-state index in [1.54, 1.807) is 29.5 Å². The van der Waals surface area contributed by atoms with E-state index in [9.17, 15) is 4.79 Å². The second kappa shape index (κ2) is 18.8. The van der Waals surface area contributed by atoms with Gasteiger partial charge in [0, 0.05) is 48.0 Å². The number of hydrogen-bond donors (Lipinski definition) is 2. The molecule has 0 aliphatic carbocycles. The van der Waals surface area contributed by atoms with E-state index in [0.29, 0.717) is 17.8 Å². The van der Waals surface area contributed by atoms with Gasteiger partial charge in [0.1, 0.15) is 0 Å². The molecule has 5 rings (SSSR count). The standard InChI is InChI=1S/C20H30N4S.C14H13NO2.C2H6/c1-22(2)10-5-11-23(3)18-8-12-24(13-9-18)19-7-4-6-17(14-19)20-15-25-16-21-20;16-14(17)12-8-4-5-9-13(12)15-10-11-6-2-1-3-7-11;1-2/h4,6-7,14-16,18H,5,8-13H2,1-3H3;1-9,15H,10H2,(H,16,17);1-2H3. The van der Waals surface area contributed by atoms with Crippen LogP contribution in [0.25, 0.3) is 11.3 Å². The summed E-state index contributed by atoms with van der Waals surface area (Å²) >= 11 is 1.65. The van der Waals surface area contributed by atoms with Crippen molar-refractivity contribution in [1.82, 2.24) is 14.8 Å². The maximum Gasteiger partial charge on any atom is 0.337 e. The Morgan fingerprint density at radius 1 is 0.955 bits per heavy atom. The first-order valence-corrected chi connectivity index (χ1v) is 16.5. The summed E-state index contributed by atoms with van der Waals surface area (Å²) in [5.74, 6) is -0.916. The molecular formula is C36H49N5O2S. The Hall–Kier alpha value is -3.72. The van der Waals surface area contributed by atoms with E-state index in [4.69, 9.17) is 5.11 Å². The van der Waals surface area contributed by atoms with Gasteiger partial charge in [-0.2, -0.15) is 0 Å². The second-order valence-corrected chi connectivity index (χ2v) is 11.7. The van der Waals surface area contributed by atoms with Gasteiger partial charge in [0.15, 0.2) is 0 Å². The third-order valence-corrected chi connectivity index (χ3v) is 8.21. The lowest BCUT2D eigenvalue weighted by Crippen LogP contribution is -2.44. The number of anilines is 2. The quantitative estimate of drug-likeness (QED) is 0.179. The van der Waals surface area contributed by atoms with Gasteiger partial charge in [-0.15, -0.1) is 11.3 Å². The minimum Gasteiger partial charge on any atom is -0.478 e. The van der Waals surface area contributed by atoms with Crippen LogP contribution in [-0.2, 0) is 6.54 Å². The molecule has 0 spiro atoms. The highest BCUT2D eigenvalue weighted by Gasteiger charge is 2.22. The third-order valence-electron chi connectivity index (χ3n) is 7.63. The molecule has 236 valence electrons. The molecule has 0 saturated carbocycles. The summed E-state index contributed by atoms with van der Waals surface area (Å²) in [5, 5.41) is 14.3. The zero-order valence-corrected chi connectivity index (χ0v) is 27.8. The number of carboxylic acids is 1. The fraction of sp³-hybridized carbons (Fsp3) is 0.389. The molecule has 1 aliphatic rings. The van der Waals surface area contributed by atoms with Crippen LogP contribution in [0.15, 0.2) is 89.8 Å². The van der Waals surface area contributed by atoms with Crippen molar-refractivity contribution in [2.45, 2.75) is 45.7 Å². The van der Waals surface area contributed by atoms with E-state index >= 15 is 0 Å². The molecule has 0 radical (unpaired) electrons. The molecule has 1 fully saturated rings. The summed E-state index contributed by atoms with van der Waals surface area (Å²) in [5.41, 5.74) is 7.60. The van der Waals surface area contributed by atoms with E-state index in [1.165, 1.54) is 43.6 Å². The van der Waals surface area contributed by atoms with Crippen molar-refractivity contribution in [3.8, 4) is 11.3 Å². The van der Waals surface area contributed by atoms with Gasteiger partial charge in [-0.25, -0.2) is 9.78 Å². The number of carboxylic acid groups (broad SMARTS) is 1. The minimum atomic E-state index is -0.916. The topological polar surface area (TPSA) is 71.9 Å². The Morgan fingerprint density at radius 3 is 2.32 bits per heavy atom.